The molecule has 0 amide bonds. The minimum atomic E-state index is -0.568. The zero-order valence-electron chi connectivity index (χ0n) is 12.9. The van der Waals surface area contributed by atoms with Crippen LogP contribution in [-0.2, 0) is 4.74 Å². The quantitative estimate of drug-likeness (QED) is 0.652. The highest BCUT2D eigenvalue weighted by molar-refractivity contribution is 5.54. The summed E-state index contributed by atoms with van der Waals surface area (Å²) in [7, 11) is 1.92. The van der Waals surface area contributed by atoms with E-state index in [1.54, 1.807) is 0 Å². The number of nitrogens with zero attached hydrogens (tertiary/aromatic N) is 4. The summed E-state index contributed by atoms with van der Waals surface area (Å²) in [6.07, 6.45) is 5.93. The van der Waals surface area contributed by atoms with Gasteiger partial charge >= 0.3 is 5.69 Å². The maximum atomic E-state index is 10.8. The van der Waals surface area contributed by atoms with E-state index >= 15 is 0 Å². The standard InChI is InChI=1S/C14H21N5O3/c1-3-22-11-7-10(14(11)5-4-6-14)18(2)13-16-8-9(19(20)21)12(15)17-13/h8,10-11H,3-7H2,1-2H3,(H2,15,16,17)/t10-,11+/m0/s1. The van der Waals surface area contributed by atoms with Crippen molar-refractivity contribution in [2.24, 2.45) is 5.41 Å². The second-order valence-electron chi connectivity index (χ2n) is 6.09. The van der Waals surface area contributed by atoms with Crippen molar-refractivity contribution >= 4 is 17.5 Å². The Bertz CT molecular complexity index is 590. The van der Waals surface area contributed by atoms with Gasteiger partial charge in [0.2, 0.25) is 11.8 Å². The molecule has 2 fully saturated rings. The van der Waals surface area contributed by atoms with E-state index in [-0.39, 0.29) is 16.9 Å². The fourth-order valence-corrected chi connectivity index (χ4v) is 3.77. The lowest BCUT2D eigenvalue weighted by molar-refractivity contribution is -0.384. The van der Waals surface area contributed by atoms with E-state index in [1.807, 2.05) is 18.9 Å². The Balaban J connectivity index is 1.79. The van der Waals surface area contributed by atoms with Crippen LogP contribution in [0, 0.1) is 15.5 Å². The summed E-state index contributed by atoms with van der Waals surface area (Å²) in [5, 5.41) is 10.8. The highest BCUT2D eigenvalue weighted by Gasteiger charge is 2.60. The van der Waals surface area contributed by atoms with Gasteiger partial charge in [-0.1, -0.05) is 6.42 Å². The Morgan fingerprint density at radius 3 is 2.82 bits per heavy atom. The first kappa shape index (κ1) is 15.0. The fourth-order valence-electron chi connectivity index (χ4n) is 3.77. The summed E-state index contributed by atoms with van der Waals surface area (Å²) in [5.41, 5.74) is 5.60. The van der Waals surface area contributed by atoms with Gasteiger partial charge in [0.15, 0.2) is 0 Å². The summed E-state index contributed by atoms with van der Waals surface area (Å²) in [6.45, 7) is 2.74. The lowest BCUT2D eigenvalue weighted by atomic mass is 9.50. The average Bonchev–Trinajstić information content (AvgIpc) is 2.40. The van der Waals surface area contributed by atoms with Crippen LogP contribution in [0.5, 0.6) is 0 Å². The molecule has 8 nitrogen and oxygen atoms in total. The summed E-state index contributed by atoms with van der Waals surface area (Å²) in [4.78, 5) is 20.4. The number of nitro groups is 1. The Labute approximate surface area is 128 Å². The molecule has 0 aliphatic heterocycles. The van der Waals surface area contributed by atoms with Crippen LogP contribution in [0.3, 0.4) is 0 Å². The van der Waals surface area contributed by atoms with E-state index < -0.39 is 4.92 Å². The number of aromatic nitrogens is 2. The third-order valence-electron chi connectivity index (χ3n) is 5.16. The molecule has 2 N–H and O–H groups in total. The minimum Gasteiger partial charge on any atom is -0.378 e. The first-order valence-corrected chi connectivity index (χ1v) is 7.61. The molecule has 0 radical (unpaired) electrons. The molecule has 2 saturated carbocycles. The van der Waals surface area contributed by atoms with Gasteiger partial charge in [-0.2, -0.15) is 4.98 Å². The van der Waals surface area contributed by atoms with E-state index in [4.69, 9.17) is 10.5 Å². The number of nitrogen functional groups attached to an aromatic ring is 1. The van der Waals surface area contributed by atoms with E-state index in [0.717, 1.165) is 25.9 Å². The molecule has 1 heterocycles. The highest BCUT2D eigenvalue weighted by Crippen LogP contribution is 2.59. The van der Waals surface area contributed by atoms with E-state index in [9.17, 15) is 10.1 Å². The van der Waals surface area contributed by atoms with Crippen molar-refractivity contribution in [2.75, 3.05) is 24.3 Å². The lowest BCUT2D eigenvalue weighted by Gasteiger charge is -2.63. The average molecular weight is 307 g/mol. The number of hydrogen-bond donors (Lipinski definition) is 1. The van der Waals surface area contributed by atoms with Gasteiger partial charge in [-0.05, 0) is 26.2 Å². The SMILES string of the molecule is CCO[C@@H]1C[C@H](N(C)c2ncc([N+](=O)[O-])c(N)n2)C12CCC2. The van der Waals surface area contributed by atoms with E-state index in [2.05, 4.69) is 9.97 Å². The van der Waals surface area contributed by atoms with Gasteiger partial charge in [0.25, 0.3) is 0 Å². The maximum Gasteiger partial charge on any atom is 0.329 e. The number of hydrogen-bond acceptors (Lipinski definition) is 7. The molecule has 2 aliphatic carbocycles. The van der Waals surface area contributed by atoms with E-state index in [0.29, 0.717) is 18.1 Å². The minimum absolute atomic E-state index is 0.0924. The third-order valence-corrected chi connectivity index (χ3v) is 5.16. The molecule has 22 heavy (non-hydrogen) atoms. The van der Waals surface area contributed by atoms with Gasteiger partial charge in [-0.25, -0.2) is 4.98 Å². The predicted octanol–water partition coefficient (Wildman–Crippen LogP) is 1.75. The number of anilines is 2. The molecule has 8 heteroatoms. The summed E-state index contributed by atoms with van der Waals surface area (Å²) < 4.78 is 5.84. The molecule has 3 rings (SSSR count). The Morgan fingerprint density at radius 1 is 1.59 bits per heavy atom. The van der Waals surface area contributed by atoms with Gasteiger partial charge < -0.3 is 15.4 Å². The lowest BCUT2D eigenvalue weighted by Crippen LogP contribution is -2.67. The Kier molecular flexibility index (Phi) is 3.64. The molecule has 1 spiro atoms. The van der Waals surface area contributed by atoms with Gasteiger partial charge in [-0.3, -0.25) is 10.1 Å². The zero-order chi connectivity index (χ0) is 15.9. The van der Waals surface area contributed by atoms with Crippen LogP contribution < -0.4 is 10.6 Å². The molecular weight excluding hydrogens is 286 g/mol. The van der Waals surface area contributed by atoms with Gasteiger partial charge in [-0.15, -0.1) is 0 Å². The van der Waals surface area contributed by atoms with Crippen molar-refractivity contribution in [3.05, 3.63) is 16.3 Å². The fraction of sp³-hybridized carbons (Fsp3) is 0.714. The van der Waals surface area contributed by atoms with Gasteiger partial charge in [0.05, 0.1) is 11.0 Å². The summed E-state index contributed by atoms with van der Waals surface area (Å²) >= 11 is 0. The van der Waals surface area contributed by atoms with Crippen molar-refractivity contribution in [3.63, 3.8) is 0 Å². The topological polar surface area (TPSA) is 107 Å². The molecule has 0 saturated heterocycles. The molecule has 0 unspecified atom stereocenters. The molecule has 120 valence electrons. The van der Waals surface area contributed by atoms with Crippen LogP contribution in [0.25, 0.3) is 0 Å². The Hall–Kier alpha value is -1.96. The third kappa shape index (κ3) is 2.09. The van der Waals surface area contributed by atoms with Crippen LogP contribution in [0.15, 0.2) is 6.20 Å². The zero-order valence-corrected chi connectivity index (χ0v) is 12.9. The normalized spacial score (nSPS) is 25.4. The monoisotopic (exact) mass is 307 g/mol. The highest BCUT2D eigenvalue weighted by atomic mass is 16.6. The van der Waals surface area contributed by atoms with Crippen LogP contribution in [-0.4, -0.2) is 40.7 Å². The largest absolute Gasteiger partial charge is 0.378 e. The molecule has 0 bridgehead atoms. The van der Waals surface area contributed by atoms with Crippen LogP contribution in [0.2, 0.25) is 0 Å². The maximum absolute atomic E-state index is 10.8. The smallest absolute Gasteiger partial charge is 0.329 e. The van der Waals surface area contributed by atoms with Crippen LogP contribution in [0.1, 0.15) is 32.6 Å². The predicted molar refractivity (Wildman–Crippen MR) is 81.6 cm³/mol. The number of ether oxygens (including phenoxy) is 1. The second kappa shape index (κ2) is 5.35. The molecule has 2 aliphatic rings. The number of rotatable bonds is 5. The van der Waals surface area contributed by atoms with E-state index in [1.165, 1.54) is 12.6 Å². The first-order chi connectivity index (χ1) is 10.5. The Morgan fingerprint density at radius 2 is 2.32 bits per heavy atom. The van der Waals surface area contributed by atoms with Crippen LogP contribution >= 0.6 is 0 Å². The van der Waals surface area contributed by atoms with Crippen molar-refractivity contribution in [2.45, 2.75) is 44.8 Å². The molecule has 1 aromatic heterocycles. The summed E-state index contributed by atoms with van der Waals surface area (Å²) in [5.74, 6) is 0.347. The van der Waals surface area contributed by atoms with Crippen LogP contribution in [0.4, 0.5) is 17.5 Å². The second-order valence-corrected chi connectivity index (χ2v) is 6.09. The van der Waals surface area contributed by atoms with Crippen molar-refractivity contribution in [3.8, 4) is 0 Å². The van der Waals surface area contributed by atoms with Crippen molar-refractivity contribution in [1.29, 1.82) is 0 Å². The van der Waals surface area contributed by atoms with Gasteiger partial charge in [0.1, 0.15) is 6.20 Å². The summed E-state index contributed by atoms with van der Waals surface area (Å²) in [6, 6.07) is 0.304. The molecule has 1 aromatic rings. The number of nitrogens with two attached hydrogens (primary N) is 1. The first-order valence-electron chi connectivity index (χ1n) is 7.61. The van der Waals surface area contributed by atoms with Crippen molar-refractivity contribution in [1.82, 2.24) is 9.97 Å². The molecule has 0 aromatic carbocycles. The van der Waals surface area contributed by atoms with Crippen molar-refractivity contribution < 1.29 is 9.66 Å². The molecule has 2 atom stereocenters. The molecular formula is C14H21N5O3. The van der Waals surface area contributed by atoms with Gasteiger partial charge in [0, 0.05) is 25.1 Å².